The number of piperidine rings is 1. The van der Waals surface area contributed by atoms with Gasteiger partial charge in [-0.3, -0.25) is 4.79 Å². The number of hydrogen-bond acceptors (Lipinski definition) is 3. The number of nitrogens with one attached hydrogen (secondary N) is 1. The molecule has 3 rings (SSSR count). The number of carbonyl (C=O) groups excluding carboxylic acids is 1. The smallest absolute Gasteiger partial charge is 0.226 e. The molecule has 3 fully saturated rings. The van der Waals surface area contributed by atoms with Gasteiger partial charge in [-0.25, -0.2) is 0 Å². The van der Waals surface area contributed by atoms with Gasteiger partial charge in [0.2, 0.25) is 5.91 Å². The van der Waals surface area contributed by atoms with E-state index in [9.17, 15) is 4.79 Å². The van der Waals surface area contributed by atoms with E-state index >= 15 is 0 Å². The van der Waals surface area contributed by atoms with Crippen molar-refractivity contribution in [2.75, 3.05) is 31.1 Å². The zero-order chi connectivity index (χ0) is 11.0. The van der Waals surface area contributed by atoms with Crippen LogP contribution in [0.2, 0.25) is 0 Å². The highest BCUT2D eigenvalue weighted by molar-refractivity contribution is 7.99. The van der Waals surface area contributed by atoms with Crippen molar-refractivity contribution in [1.29, 1.82) is 0 Å². The second-order valence-corrected chi connectivity index (χ2v) is 6.42. The van der Waals surface area contributed by atoms with Gasteiger partial charge in [-0.1, -0.05) is 0 Å². The molecule has 3 saturated heterocycles. The van der Waals surface area contributed by atoms with Crippen LogP contribution >= 0.6 is 11.8 Å². The molecule has 3 atom stereocenters. The Morgan fingerprint density at radius 1 is 1.31 bits per heavy atom. The third-order valence-electron chi connectivity index (χ3n) is 4.19. The Morgan fingerprint density at radius 3 is 3.00 bits per heavy atom. The largest absolute Gasteiger partial charge is 0.341 e. The Morgan fingerprint density at radius 2 is 2.25 bits per heavy atom. The van der Waals surface area contributed by atoms with E-state index in [0.717, 1.165) is 37.7 Å². The normalized spacial score (nSPS) is 38.8. The summed E-state index contributed by atoms with van der Waals surface area (Å²) in [7, 11) is 0. The predicted octanol–water partition coefficient (Wildman–Crippen LogP) is 0.950. The highest BCUT2D eigenvalue weighted by Gasteiger charge is 2.38. The van der Waals surface area contributed by atoms with Crippen molar-refractivity contribution in [2.24, 2.45) is 11.8 Å². The van der Waals surface area contributed by atoms with Gasteiger partial charge in [0.15, 0.2) is 0 Å². The maximum absolute atomic E-state index is 12.3. The van der Waals surface area contributed by atoms with Gasteiger partial charge in [0.05, 0.1) is 0 Å². The summed E-state index contributed by atoms with van der Waals surface area (Å²) in [5.74, 6) is 3.71. The first-order chi connectivity index (χ1) is 7.84. The van der Waals surface area contributed by atoms with Gasteiger partial charge in [0.1, 0.15) is 0 Å². The fourth-order valence-corrected chi connectivity index (χ4v) is 4.43. The Bertz CT molecular complexity index is 264. The van der Waals surface area contributed by atoms with Crippen LogP contribution in [0.5, 0.6) is 0 Å². The van der Waals surface area contributed by atoms with Crippen LogP contribution in [0.25, 0.3) is 0 Å². The number of amides is 1. The third-order valence-corrected chi connectivity index (χ3v) is 5.35. The summed E-state index contributed by atoms with van der Waals surface area (Å²) >= 11 is 1.93. The maximum Gasteiger partial charge on any atom is 0.226 e. The number of nitrogens with zero attached hydrogens (tertiary/aromatic N) is 1. The lowest BCUT2D eigenvalue weighted by Crippen LogP contribution is -2.41. The Hall–Kier alpha value is -0.220. The molecule has 3 aliphatic rings. The molecule has 1 amide bonds. The van der Waals surface area contributed by atoms with Gasteiger partial charge in [-0.15, -0.1) is 0 Å². The monoisotopic (exact) mass is 240 g/mol. The van der Waals surface area contributed by atoms with Crippen LogP contribution in [0, 0.1) is 11.8 Å². The van der Waals surface area contributed by atoms with Crippen molar-refractivity contribution in [3.8, 4) is 0 Å². The molecule has 3 nitrogen and oxygen atoms in total. The Balaban J connectivity index is 1.61. The van der Waals surface area contributed by atoms with Crippen molar-refractivity contribution in [2.45, 2.75) is 25.3 Å². The summed E-state index contributed by atoms with van der Waals surface area (Å²) in [5.41, 5.74) is 0. The topological polar surface area (TPSA) is 32.3 Å². The van der Waals surface area contributed by atoms with Crippen LogP contribution in [0.4, 0.5) is 0 Å². The van der Waals surface area contributed by atoms with E-state index in [1.165, 1.54) is 18.6 Å². The number of rotatable bonds is 1. The molecule has 0 aromatic carbocycles. The highest BCUT2D eigenvalue weighted by atomic mass is 32.2. The molecule has 0 aromatic heterocycles. The molecule has 1 N–H and O–H groups in total. The maximum atomic E-state index is 12.3. The van der Waals surface area contributed by atoms with E-state index in [-0.39, 0.29) is 0 Å². The number of carbonyl (C=O) groups is 1. The zero-order valence-electron chi connectivity index (χ0n) is 9.65. The Labute approximate surface area is 101 Å². The van der Waals surface area contributed by atoms with Gasteiger partial charge in [0.25, 0.3) is 0 Å². The predicted molar refractivity (Wildman–Crippen MR) is 66.5 cm³/mol. The van der Waals surface area contributed by atoms with Crippen molar-refractivity contribution in [3.63, 3.8) is 0 Å². The summed E-state index contributed by atoms with van der Waals surface area (Å²) in [6, 6.07) is 0.590. The van der Waals surface area contributed by atoms with Crippen LogP contribution in [0.1, 0.15) is 19.3 Å². The minimum Gasteiger partial charge on any atom is -0.341 e. The second kappa shape index (κ2) is 4.57. The number of hydrogen-bond donors (Lipinski definition) is 1. The standard InChI is InChI=1S/C12H20N2OS/c15-12(10-3-5-16-8-10)14-6-9-2-1-4-13-11(9)7-14/h9-11,13H,1-8H2. The van der Waals surface area contributed by atoms with Gasteiger partial charge >= 0.3 is 0 Å². The summed E-state index contributed by atoms with van der Waals surface area (Å²) in [4.78, 5) is 14.4. The van der Waals surface area contributed by atoms with Crippen LogP contribution in [0.15, 0.2) is 0 Å². The van der Waals surface area contributed by atoms with Crippen molar-refractivity contribution in [3.05, 3.63) is 0 Å². The summed E-state index contributed by atoms with van der Waals surface area (Å²) in [6.45, 7) is 3.12. The summed E-state index contributed by atoms with van der Waals surface area (Å²) in [5, 5.41) is 3.56. The average Bonchev–Trinajstić information content (AvgIpc) is 2.97. The average molecular weight is 240 g/mol. The quantitative estimate of drug-likeness (QED) is 0.740. The van der Waals surface area contributed by atoms with Gasteiger partial charge in [-0.2, -0.15) is 11.8 Å². The first kappa shape index (κ1) is 10.9. The van der Waals surface area contributed by atoms with Gasteiger partial charge in [-0.05, 0) is 37.5 Å². The SMILES string of the molecule is O=C(C1CCSC1)N1CC2CCCNC2C1. The fraction of sp³-hybridized carbons (Fsp3) is 0.917. The highest BCUT2D eigenvalue weighted by Crippen LogP contribution is 2.30. The second-order valence-electron chi connectivity index (χ2n) is 5.27. The first-order valence-electron chi connectivity index (χ1n) is 6.44. The van der Waals surface area contributed by atoms with Crippen LogP contribution in [0.3, 0.4) is 0 Å². The molecule has 3 heterocycles. The number of likely N-dealkylation sites (tertiary alicyclic amines) is 1. The van der Waals surface area contributed by atoms with E-state index < -0.39 is 0 Å². The molecule has 0 radical (unpaired) electrons. The number of thioether (sulfide) groups is 1. The molecular formula is C12H20N2OS. The molecule has 16 heavy (non-hydrogen) atoms. The van der Waals surface area contributed by atoms with Gasteiger partial charge in [0, 0.05) is 30.8 Å². The summed E-state index contributed by atoms with van der Waals surface area (Å²) < 4.78 is 0. The van der Waals surface area contributed by atoms with Crippen molar-refractivity contribution < 1.29 is 4.79 Å². The first-order valence-corrected chi connectivity index (χ1v) is 7.60. The molecule has 0 aliphatic carbocycles. The molecule has 0 spiro atoms. The number of fused-ring (bicyclic) bond motifs is 1. The lowest BCUT2D eigenvalue weighted by atomic mass is 9.94. The van der Waals surface area contributed by atoms with Gasteiger partial charge < -0.3 is 10.2 Å². The molecule has 3 aliphatic heterocycles. The van der Waals surface area contributed by atoms with Crippen molar-refractivity contribution >= 4 is 17.7 Å². The molecule has 0 aromatic rings. The van der Waals surface area contributed by atoms with E-state index in [2.05, 4.69) is 10.2 Å². The van der Waals surface area contributed by atoms with Crippen molar-refractivity contribution in [1.82, 2.24) is 10.2 Å². The molecular weight excluding hydrogens is 220 g/mol. The van der Waals surface area contributed by atoms with E-state index in [4.69, 9.17) is 0 Å². The minimum atomic E-state index is 0.324. The van der Waals surface area contributed by atoms with Crippen LogP contribution < -0.4 is 5.32 Å². The lowest BCUT2D eigenvalue weighted by molar-refractivity contribution is -0.133. The zero-order valence-corrected chi connectivity index (χ0v) is 10.5. The van der Waals surface area contributed by atoms with E-state index in [0.29, 0.717) is 17.9 Å². The Kier molecular flexibility index (Phi) is 3.11. The van der Waals surface area contributed by atoms with Crippen LogP contribution in [-0.4, -0.2) is 48.0 Å². The molecule has 4 heteroatoms. The van der Waals surface area contributed by atoms with E-state index in [1.54, 1.807) is 0 Å². The van der Waals surface area contributed by atoms with Crippen LogP contribution in [-0.2, 0) is 4.79 Å². The third kappa shape index (κ3) is 1.97. The molecule has 0 bridgehead atoms. The molecule has 3 unspecified atom stereocenters. The van der Waals surface area contributed by atoms with E-state index in [1.807, 2.05) is 11.8 Å². The summed E-state index contributed by atoms with van der Waals surface area (Å²) in [6.07, 6.45) is 3.69. The molecule has 90 valence electrons. The minimum absolute atomic E-state index is 0.324. The lowest BCUT2D eigenvalue weighted by Gasteiger charge is -2.24. The fourth-order valence-electron chi connectivity index (χ4n) is 3.21. The molecule has 0 saturated carbocycles.